The Morgan fingerprint density at radius 2 is 2.22 bits per heavy atom. The summed E-state index contributed by atoms with van der Waals surface area (Å²) in [6.45, 7) is 3.82. The molecule has 0 atom stereocenters. The van der Waals surface area contributed by atoms with Crippen molar-refractivity contribution >= 4 is 23.6 Å². The normalized spacial score (nSPS) is 12.0. The fourth-order valence-corrected chi connectivity index (χ4v) is 1.62. The van der Waals surface area contributed by atoms with Crippen LogP contribution < -0.4 is 4.74 Å². The third kappa shape index (κ3) is 4.50. The second-order valence-electron chi connectivity index (χ2n) is 4.12. The topological polar surface area (TPSA) is 124 Å². The Morgan fingerprint density at radius 1 is 1.52 bits per heavy atom. The molecule has 1 aromatic heterocycles. The van der Waals surface area contributed by atoms with Gasteiger partial charge in [0.1, 0.15) is 17.5 Å². The minimum atomic E-state index is -0.809. The Hall–Kier alpha value is -2.97. The second-order valence-corrected chi connectivity index (χ2v) is 4.12. The standard InChI is InChI=1S/C14H17N3O6/c1-4-15-8-11(14(19)23-5-2)12(18)10-6-9(17(20)21)7-16-13(10)22-3/h6-8,18H,4-5H2,1-3H3/b12-11-,15-8?. The Labute approximate surface area is 132 Å². The number of hydrogen-bond acceptors (Lipinski definition) is 8. The van der Waals surface area contributed by atoms with Crippen molar-refractivity contribution in [2.75, 3.05) is 20.3 Å². The van der Waals surface area contributed by atoms with Crippen LogP contribution in [0.5, 0.6) is 5.88 Å². The van der Waals surface area contributed by atoms with Crippen molar-refractivity contribution in [3.05, 3.63) is 33.5 Å². The summed E-state index contributed by atoms with van der Waals surface area (Å²) in [5.74, 6) is -1.44. The predicted molar refractivity (Wildman–Crippen MR) is 82.7 cm³/mol. The Balaban J connectivity index is 3.52. The summed E-state index contributed by atoms with van der Waals surface area (Å²) in [4.78, 5) is 29.8. The van der Waals surface area contributed by atoms with E-state index in [0.717, 1.165) is 18.5 Å². The van der Waals surface area contributed by atoms with E-state index in [-0.39, 0.29) is 29.3 Å². The van der Waals surface area contributed by atoms with Gasteiger partial charge < -0.3 is 14.6 Å². The molecule has 0 aliphatic rings. The molecule has 0 aliphatic heterocycles. The molecular formula is C14H17N3O6. The number of pyridine rings is 1. The van der Waals surface area contributed by atoms with Gasteiger partial charge in [0, 0.05) is 18.8 Å². The van der Waals surface area contributed by atoms with Crippen molar-refractivity contribution in [1.29, 1.82) is 0 Å². The van der Waals surface area contributed by atoms with Crippen molar-refractivity contribution in [1.82, 2.24) is 4.98 Å². The van der Waals surface area contributed by atoms with E-state index in [1.165, 1.54) is 7.11 Å². The molecule has 124 valence electrons. The van der Waals surface area contributed by atoms with Crippen LogP contribution in [0.2, 0.25) is 0 Å². The fourth-order valence-electron chi connectivity index (χ4n) is 1.62. The summed E-state index contributed by atoms with van der Waals surface area (Å²) in [7, 11) is 1.29. The number of nitrogens with zero attached hydrogens (tertiary/aromatic N) is 3. The molecule has 0 aliphatic carbocycles. The summed E-state index contributed by atoms with van der Waals surface area (Å²) < 4.78 is 9.82. The van der Waals surface area contributed by atoms with Crippen molar-refractivity contribution < 1.29 is 24.3 Å². The molecule has 1 heterocycles. The molecule has 23 heavy (non-hydrogen) atoms. The van der Waals surface area contributed by atoms with Gasteiger partial charge >= 0.3 is 5.97 Å². The van der Waals surface area contributed by atoms with Gasteiger partial charge in [-0.25, -0.2) is 9.78 Å². The first-order valence-corrected chi connectivity index (χ1v) is 6.75. The van der Waals surface area contributed by atoms with E-state index in [9.17, 15) is 20.0 Å². The van der Waals surface area contributed by atoms with E-state index in [2.05, 4.69) is 9.98 Å². The summed E-state index contributed by atoms with van der Waals surface area (Å²) in [5.41, 5.74) is -0.704. The van der Waals surface area contributed by atoms with Crippen molar-refractivity contribution in [3.8, 4) is 5.88 Å². The number of aromatic nitrogens is 1. The highest BCUT2D eigenvalue weighted by molar-refractivity contribution is 6.15. The molecule has 0 amide bonds. The highest BCUT2D eigenvalue weighted by Gasteiger charge is 2.22. The number of methoxy groups -OCH3 is 1. The highest BCUT2D eigenvalue weighted by atomic mass is 16.6. The number of esters is 1. The molecule has 1 N–H and O–H groups in total. The lowest BCUT2D eigenvalue weighted by Gasteiger charge is -2.09. The van der Waals surface area contributed by atoms with E-state index < -0.39 is 16.7 Å². The lowest BCUT2D eigenvalue weighted by molar-refractivity contribution is -0.385. The van der Waals surface area contributed by atoms with E-state index in [4.69, 9.17) is 9.47 Å². The molecule has 0 radical (unpaired) electrons. The van der Waals surface area contributed by atoms with Gasteiger partial charge in [-0.3, -0.25) is 15.1 Å². The predicted octanol–water partition coefficient (Wildman–Crippen LogP) is 1.92. The number of nitro groups is 1. The van der Waals surface area contributed by atoms with Crippen LogP contribution in [0.3, 0.4) is 0 Å². The van der Waals surface area contributed by atoms with E-state index in [1.807, 2.05) is 0 Å². The maximum atomic E-state index is 12.0. The zero-order valence-corrected chi connectivity index (χ0v) is 13.0. The molecule has 0 saturated heterocycles. The van der Waals surface area contributed by atoms with Gasteiger partial charge in [0.15, 0.2) is 0 Å². The van der Waals surface area contributed by atoms with E-state index >= 15 is 0 Å². The number of aliphatic hydroxyl groups is 1. The number of aliphatic hydroxyl groups excluding tert-OH is 1. The van der Waals surface area contributed by atoms with Crippen LogP contribution in [0.15, 0.2) is 22.8 Å². The summed E-state index contributed by atoms with van der Waals surface area (Å²) in [6, 6.07) is 1.06. The van der Waals surface area contributed by atoms with Crippen LogP contribution in [0.4, 0.5) is 5.69 Å². The Bertz CT molecular complexity index is 654. The van der Waals surface area contributed by atoms with Gasteiger partial charge in [-0.1, -0.05) is 0 Å². The minimum absolute atomic E-state index is 0.0696. The van der Waals surface area contributed by atoms with Crippen molar-refractivity contribution in [2.45, 2.75) is 13.8 Å². The number of hydrogen-bond donors (Lipinski definition) is 1. The molecule has 0 saturated carbocycles. The molecule has 9 nitrogen and oxygen atoms in total. The van der Waals surface area contributed by atoms with Gasteiger partial charge in [-0.2, -0.15) is 0 Å². The van der Waals surface area contributed by atoms with Crippen molar-refractivity contribution in [3.63, 3.8) is 0 Å². The summed E-state index contributed by atoms with van der Waals surface area (Å²) in [6.07, 6.45) is 2.13. The lowest BCUT2D eigenvalue weighted by atomic mass is 10.1. The van der Waals surface area contributed by atoms with Crippen LogP contribution >= 0.6 is 0 Å². The zero-order valence-electron chi connectivity index (χ0n) is 13.0. The molecule has 0 aromatic carbocycles. The maximum Gasteiger partial charge on any atom is 0.343 e. The quantitative estimate of drug-likeness (QED) is 0.203. The summed E-state index contributed by atoms with van der Waals surface area (Å²) >= 11 is 0. The highest BCUT2D eigenvalue weighted by Crippen LogP contribution is 2.28. The lowest BCUT2D eigenvalue weighted by Crippen LogP contribution is -2.12. The van der Waals surface area contributed by atoms with Crippen LogP contribution in [0, 0.1) is 10.1 Å². The molecule has 1 aromatic rings. The number of rotatable bonds is 7. The number of carbonyl (C=O) groups is 1. The first kappa shape index (κ1) is 18.1. The molecular weight excluding hydrogens is 306 g/mol. The molecule has 9 heteroatoms. The zero-order chi connectivity index (χ0) is 17.4. The average molecular weight is 323 g/mol. The van der Waals surface area contributed by atoms with Crippen LogP contribution in [0.25, 0.3) is 5.76 Å². The maximum absolute atomic E-state index is 12.0. The number of aliphatic imine (C=N–C) groups is 1. The van der Waals surface area contributed by atoms with Crippen LogP contribution in [0.1, 0.15) is 19.4 Å². The van der Waals surface area contributed by atoms with Crippen LogP contribution in [-0.4, -0.2) is 47.5 Å². The molecule has 1 rings (SSSR count). The van der Waals surface area contributed by atoms with Gasteiger partial charge in [-0.15, -0.1) is 0 Å². The fraction of sp³-hybridized carbons (Fsp3) is 0.357. The third-order valence-electron chi connectivity index (χ3n) is 2.65. The van der Waals surface area contributed by atoms with Gasteiger partial charge in [0.2, 0.25) is 5.88 Å². The smallest absolute Gasteiger partial charge is 0.343 e. The van der Waals surface area contributed by atoms with E-state index in [0.29, 0.717) is 6.54 Å². The Morgan fingerprint density at radius 3 is 2.74 bits per heavy atom. The molecule has 0 spiro atoms. The second kappa shape index (κ2) is 8.47. The molecule has 0 unspecified atom stereocenters. The first-order chi connectivity index (χ1) is 11.0. The van der Waals surface area contributed by atoms with E-state index in [1.54, 1.807) is 13.8 Å². The number of carbonyl (C=O) groups excluding carboxylic acids is 1. The van der Waals surface area contributed by atoms with Crippen molar-refractivity contribution in [2.24, 2.45) is 4.99 Å². The SMILES string of the molecule is CCN=C/C(C(=O)OCC)=C(/O)c1cc([N+](=O)[O-])cnc1OC. The van der Waals surface area contributed by atoms with Gasteiger partial charge in [0.05, 0.1) is 24.2 Å². The summed E-state index contributed by atoms with van der Waals surface area (Å²) in [5, 5.41) is 21.2. The van der Waals surface area contributed by atoms with Gasteiger partial charge in [0.25, 0.3) is 5.69 Å². The monoisotopic (exact) mass is 323 g/mol. The number of ether oxygens (including phenoxy) is 2. The third-order valence-corrected chi connectivity index (χ3v) is 2.65. The van der Waals surface area contributed by atoms with Crippen LogP contribution in [-0.2, 0) is 9.53 Å². The Kier molecular flexibility index (Phi) is 6.66. The minimum Gasteiger partial charge on any atom is -0.506 e. The first-order valence-electron chi connectivity index (χ1n) is 6.75. The largest absolute Gasteiger partial charge is 0.506 e. The average Bonchev–Trinajstić information content (AvgIpc) is 2.54. The van der Waals surface area contributed by atoms with Gasteiger partial charge in [-0.05, 0) is 13.8 Å². The molecule has 0 bridgehead atoms. The molecule has 0 fully saturated rings.